The van der Waals surface area contributed by atoms with E-state index < -0.39 is 20.5 Å². The lowest BCUT2D eigenvalue weighted by Crippen LogP contribution is -2.47. The zero-order valence-corrected chi connectivity index (χ0v) is 15.0. The van der Waals surface area contributed by atoms with Gasteiger partial charge in [0.05, 0.1) is 10.1 Å². The van der Waals surface area contributed by atoms with Gasteiger partial charge >= 0.3 is 0 Å². The minimum absolute atomic E-state index is 0.0275. The quantitative estimate of drug-likeness (QED) is 0.763. The van der Waals surface area contributed by atoms with Crippen LogP contribution in [0.15, 0.2) is 59.5 Å². The molecule has 0 N–H and O–H groups in total. The first kappa shape index (κ1) is 17.2. The topological polar surface area (TPSA) is 51.2 Å². The summed E-state index contributed by atoms with van der Waals surface area (Å²) in [6, 6.07) is 8.65. The molecule has 0 spiro atoms. The maximum atomic E-state index is 13.3. The lowest BCUT2D eigenvalue weighted by Gasteiger charge is -2.44. The number of hydrogen-bond donors (Lipinski definition) is 0. The molecule has 3 rings (SSSR count). The highest BCUT2D eigenvalue weighted by molar-refractivity contribution is 7.92. The van der Waals surface area contributed by atoms with Crippen molar-refractivity contribution in [3.8, 4) is 0 Å². The molecule has 0 unspecified atom stereocenters. The second-order valence-corrected chi connectivity index (χ2v) is 9.31. The zero-order valence-electron chi connectivity index (χ0n) is 14.2. The largest absolute Gasteiger partial charge is 0.295 e. The van der Waals surface area contributed by atoms with Crippen molar-refractivity contribution >= 4 is 15.6 Å². The molecule has 1 aromatic carbocycles. The number of carbonyl (C=O) groups is 1. The van der Waals surface area contributed by atoms with E-state index in [-0.39, 0.29) is 17.6 Å². The third kappa shape index (κ3) is 2.88. The highest BCUT2D eigenvalue weighted by atomic mass is 32.2. The summed E-state index contributed by atoms with van der Waals surface area (Å²) in [6.45, 7) is 3.92. The molecule has 0 fully saturated rings. The Morgan fingerprint density at radius 2 is 1.83 bits per heavy atom. The first-order valence-electron chi connectivity index (χ1n) is 8.56. The van der Waals surface area contributed by atoms with Crippen LogP contribution in [-0.4, -0.2) is 19.5 Å². The van der Waals surface area contributed by atoms with Gasteiger partial charge in [-0.15, -0.1) is 0 Å². The Morgan fingerprint density at radius 3 is 2.54 bits per heavy atom. The first-order chi connectivity index (χ1) is 11.4. The minimum atomic E-state index is -3.49. The van der Waals surface area contributed by atoms with E-state index in [1.165, 1.54) is 0 Å². The number of benzene rings is 1. The SMILES string of the molecule is C[C@@H]1C(=O)C=C[C@@]2(C)/C=C\CCC[C@@H](S(=O)(=O)c3ccccc3)[C@@H]12. The molecule has 0 bridgehead atoms. The molecule has 24 heavy (non-hydrogen) atoms. The number of rotatable bonds is 2. The van der Waals surface area contributed by atoms with Crippen LogP contribution in [-0.2, 0) is 14.6 Å². The van der Waals surface area contributed by atoms with Gasteiger partial charge in [-0.05, 0) is 43.4 Å². The summed E-state index contributed by atoms with van der Waals surface area (Å²) in [7, 11) is -3.49. The lowest BCUT2D eigenvalue weighted by atomic mass is 9.63. The first-order valence-corrected chi connectivity index (χ1v) is 10.1. The average molecular weight is 344 g/mol. The molecule has 0 amide bonds. The maximum absolute atomic E-state index is 13.3. The van der Waals surface area contributed by atoms with Crippen molar-refractivity contribution in [2.24, 2.45) is 17.3 Å². The van der Waals surface area contributed by atoms with Gasteiger partial charge in [0.2, 0.25) is 0 Å². The molecular formula is C20H24O3S. The zero-order chi connectivity index (χ0) is 17.4. The number of carbonyl (C=O) groups excluding carboxylic acids is 1. The van der Waals surface area contributed by atoms with Crippen molar-refractivity contribution in [3.05, 3.63) is 54.6 Å². The van der Waals surface area contributed by atoms with E-state index in [1.807, 2.05) is 26.0 Å². The molecule has 0 aromatic heterocycles. The molecule has 2 aliphatic rings. The fourth-order valence-electron chi connectivity index (χ4n) is 4.22. The van der Waals surface area contributed by atoms with Crippen LogP contribution in [0.4, 0.5) is 0 Å². The van der Waals surface area contributed by atoms with Crippen LogP contribution in [0, 0.1) is 17.3 Å². The van der Waals surface area contributed by atoms with Gasteiger partial charge in [-0.1, -0.05) is 50.3 Å². The Morgan fingerprint density at radius 1 is 1.12 bits per heavy atom. The van der Waals surface area contributed by atoms with Crippen molar-refractivity contribution in [3.63, 3.8) is 0 Å². The lowest BCUT2D eigenvalue weighted by molar-refractivity contribution is -0.121. The second kappa shape index (κ2) is 6.32. The molecule has 0 aliphatic heterocycles. The Kier molecular flexibility index (Phi) is 4.52. The molecule has 1 aromatic rings. The van der Waals surface area contributed by atoms with Gasteiger partial charge in [-0.2, -0.15) is 0 Å². The predicted molar refractivity (Wildman–Crippen MR) is 95.3 cm³/mol. The van der Waals surface area contributed by atoms with Crippen molar-refractivity contribution in [1.29, 1.82) is 0 Å². The van der Waals surface area contributed by atoms with Gasteiger partial charge in [0.1, 0.15) is 0 Å². The number of hydrogen-bond acceptors (Lipinski definition) is 3. The minimum Gasteiger partial charge on any atom is -0.295 e. The fourth-order valence-corrected chi connectivity index (χ4v) is 6.49. The van der Waals surface area contributed by atoms with Crippen molar-refractivity contribution in [2.75, 3.05) is 0 Å². The molecule has 0 saturated carbocycles. The van der Waals surface area contributed by atoms with Crippen LogP contribution < -0.4 is 0 Å². The molecule has 3 nitrogen and oxygen atoms in total. The Bertz CT molecular complexity index is 776. The Labute approximate surface area is 144 Å². The van der Waals surface area contributed by atoms with E-state index in [0.717, 1.165) is 12.8 Å². The number of sulfone groups is 1. The molecule has 0 heterocycles. The number of allylic oxidation sites excluding steroid dienone is 4. The van der Waals surface area contributed by atoms with Crippen LogP contribution in [0.25, 0.3) is 0 Å². The molecule has 2 aliphatic carbocycles. The van der Waals surface area contributed by atoms with E-state index in [0.29, 0.717) is 11.3 Å². The second-order valence-electron chi connectivity index (χ2n) is 7.15. The maximum Gasteiger partial charge on any atom is 0.181 e. The standard InChI is InChI=1S/C20H24O3S/c1-15-17(21)12-14-20(2)13-8-4-7-11-18(19(15)20)24(22,23)16-9-5-3-6-10-16/h3,5-6,8-10,12-15,18-19H,4,7,11H2,1-2H3/b13-8-/t15-,18-,19-,20-/m1/s1. The van der Waals surface area contributed by atoms with Gasteiger partial charge in [0.15, 0.2) is 15.6 Å². The summed E-state index contributed by atoms with van der Waals surface area (Å²) in [4.78, 5) is 12.7. The molecule has 4 heteroatoms. The Hall–Kier alpha value is -1.68. The highest BCUT2D eigenvalue weighted by Gasteiger charge is 2.48. The highest BCUT2D eigenvalue weighted by Crippen LogP contribution is 2.47. The van der Waals surface area contributed by atoms with Crippen LogP contribution >= 0.6 is 0 Å². The number of ketones is 1. The summed E-state index contributed by atoms with van der Waals surface area (Å²) in [5.74, 6) is -0.511. The van der Waals surface area contributed by atoms with Crippen molar-refractivity contribution in [2.45, 2.75) is 43.3 Å². The summed E-state index contributed by atoms with van der Waals surface area (Å²) in [6.07, 6.45) is 10.0. The summed E-state index contributed by atoms with van der Waals surface area (Å²) in [5.41, 5.74) is -0.403. The molecule has 0 radical (unpaired) electrons. The molecule has 4 atom stereocenters. The van der Waals surface area contributed by atoms with Crippen molar-refractivity contribution in [1.82, 2.24) is 0 Å². The van der Waals surface area contributed by atoms with Gasteiger partial charge < -0.3 is 0 Å². The van der Waals surface area contributed by atoms with E-state index >= 15 is 0 Å². The van der Waals surface area contributed by atoms with Crippen LogP contribution in [0.2, 0.25) is 0 Å². The van der Waals surface area contributed by atoms with E-state index in [9.17, 15) is 13.2 Å². The van der Waals surface area contributed by atoms with Gasteiger partial charge in [-0.3, -0.25) is 4.79 Å². The van der Waals surface area contributed by atoms with Crippen LogP contribution in [0.3, 0.4) is 0 Å². The summed E-state index contributed by atoms with van der Waals surface area (Å²) in [5, 5.41) is -0.543. The average Bonchev–Trinajstić information content (AvgIpc) is 2.55. The summed E-state index contributed by atoms with van der Waals surface area (Å²) >= 11 is 0. The molecule has 0 saturated heterocycles. The monoisotopic (exact) mass is 344 g/mol. The molecule has 128 valence electrons. The van der Waals surface area contributed by atoms with E-state index in [1.54, 1.807) is 30.3 Å². The van der Waals surface area contributed by atoms with Gasteiger partial charge in [0, 0.05) is 11.3 Å². The predicted octanol–water partition coefficient (Wildman–Crippen LogP) is 3.97. The van der Waals surface area contributed by atoms with E-state index in [2.05, 4.69) is 12.2 Å². The normalized spacial score (nSPS) is 34.9. The number of fused-ring (bicyclic) bond motifs is 1. The third-order valence-corrected chi connectivity index (χ3v) is 7.77. The van der Waals surface area contributed by atoms with Gasteiger partial charge in [-0.25, -0.2) is 8.42 Å². The molecular weight excluding hydrogens is 320 g/mol. The fraction of sp³-hybridized carbons (Fsp3) is 0.450. The smallest absolute Gasteiger partial charge is 0.181 e. The summed E-state index contributed by atoms with van der Waals surface area (Å²) < 4.78 is 26.7. The third-order valence-electron chi connectivity index (χ3n) is 5.52. The van der Waals surface area contributed by atoms with Crippen LogP contribution in [0.5, 0.6) is 0 Å². The van der Waals surface area contributed by atoms with Crippen LogP contribution in [0.1, 0.15) is 33.1 Å². The van der Waals surface area contributed by atoms with Crippen molar-refractivity contribution < 1.29 is 13.2 Å². The Balaban J connectivity index is 2.13. The van der Waals surface area contributed by atoms with Gasteiger partial charge in [0.25, 0.3) is 0 Å². The van der Waals surface area contributed by atoms with E-state index in [4.69, 9.17) is 0 Å².